The number of hydrogen-bond acceptors (Lipinski definition) is 1. The van der Waals surface area contributed by atoms with Crippen molar-refractivity contribution in [3.05, 3.63) is 35.9 Å². The lowest BCUT2D eigenvalue weighted by Crippen LogP contribution is -2.42. The molecular formula is C15H21NO. The molecule has 1 aromatic carbocycles. The van der Waals surface area contributed by atoms with Gasteiger partial charge in [0.05, 0.1) is 0 Å². The number of amides is 1. The lowest BCUT2D eigenvalue weighted by atomic mass is 9.80. The molecule has 0 aliphatic heterocycles. The Kier molecular flexibility index (Phi) is 3.82. The molecule has 1 aromatic rings. The minimum absolute atomic E-state index is 0.0667. The summed E-state index contributed by atoms with van der Waals surface area (Å²) in [6.07, 6.45) is 3.56. The molecule has 2 rings (SSSR count). The maximum atomic E-state index is 12.0. The Morgan fingerprint density at radius 3 is 2.53 bits per heavy atom. The van der Waals surface area contributed by atoms with Crippen LogP contribution >= 0.6 is 0 Å². The van der Waals surface area contributed by atoms with E-state index in [0.29, 0.717) is 12.0 Å². The largest absolute Gasteiger partial charge is 0.349 e. The molecule has 0 spiro atoms. The summed E-state index contributed by atoms with van der Waals surface area (Å²) in [5.41, 5.74) is 0.762. The van der Waals surface area contributed by atoms with E-state index in [4.69, 9.17) is 0 Å². The Morgan fingerprint density at radius 2 is 1.88 bits per heavy atom. The highest BCUT2D eigenvalue weighted by molar-refractivity contribution is 5.94. The lowest BCUT2D eigenvalue weighted by molar-refractivity contribution is 0.0899. The zero-order valence-corrected chi connectivity index (χ0v) is 10.6. The van der Waals surface area contributed by atoms with Gasteiger partial charge in [-0.25, -0.2) is 0 Å². The third-order valence-electron chi connectivity index (χ3n) is 3.78. The van der Waals surface area contributed by atoms with Crippen LogP contribution in [0, 0.1) is 11.8 Å². The predicted octanol–water partition coefficient (Wildman–Crippen LogP) is 3.24. The van der Waals surface area contributed by atoms with Crippen LogP contribution in [0.25, 0.3) is 0 Å². The topological polar surface area (TPSA) is 29.1 Å². The van der Waals surface area contributed by atoms with E-state index in [0.717, 1.165) is 17.9 Å². The van der Waals surface area contributed by atoms with Crippen molar-refractivity contribution in [1.29, 1.82) is 0 Å². The molecule has 0 bridgehead atoms. The monoisotopic (exact) mass is 231 g/mol. The second-order valence-corrected chi connectivity index (χ2v) is 5.34. The number of carbonyl (C=O) groups is 1. The van der Waals surface area contributed by atoms with Gasteiger partial charge < -0.3 is 5.32 Å². The molecule has 2 nitrogen and oxygen atoms in total. The van der Waals surface area contributed by atoms with Gasteiger partial charge in [0.25, 0.3) is 5.91 Å². The van der Waals surface area contributed by atoms with Gasteiger partial charge >= 0.3 is 0 Å². The van der Waals surface area contributed by atoms with Crippen LogP contribution in [0.2, 0.25) is 0 Å². The average molecular weight is 231 g/mol. The van der Waals surface area contributed by atoms with E-state index in [1.165, 1.54) is 12.8 Å². The van der Waals surface area contributed by atoms with E-state index in [-0.39, 0.29) is 5.91 Å². The second kappa shape index (κ2) is 5.35. The molecule has 1 N–H and O–H groups in total. The van der Waals surface area contributed by atoms with Crippen molar-refractivity contribution in [2.45, 2.75) is 39.2 Å². The zero-order chi connectivity index (χ0) is 12.3. The number of rotatable bonds is 2. The highest BCUT2D eigenvalue weighted by Crippen LogP contribution is 2.28. The molecule has 1 saturated carbocycles. The molecule has 0 heterocycles. The molecule has 2 heteroatoms. The SMILES string of the molecule is CC1CCC(NC(=O)c2ccccc2)C(C)C1. The third kappa shape index (κ3) is 3.09. The Bertz CT molecular complexity index is 374. The molecule has 92 valence electrons. The van der Waals surface area contributed by atoms with Gasteiger partial charge in [-0.15, -0.1) is 0 Å². The van der Waals surface area contributed by atoms with Gasteiger partial charge in [0.1, 0.15) is 0 Å². The summed E-state index contributed by atoms with van der Waals surface area (Å²) >= 11 is 0. The summed E-state index contributed by atoms with van der Waals surface area (Å²) in [6.45, 7) is 4.54. The van der Waals surface area contributed by atoms with Gasteiger partial charge in [-0.1, -0.05) is 32.0 Å². The van der Waals surface area contributed by atoms with Crippen LogP contribution in [-0.2, 0) is 0 Å². The van der Waals surface area contributed by atoms with Gasteiger partial charge in [0, 0.05) is 11.6 Å². The van der Waals surface area contributed by atoms with Gasteiger partial charge in [0.15, 0.2) is 0 Å². The quantitative estimate of drug-likeness (QED) is 0.831. The Labute approximate surface area is 103 Å². The highest BCUT2D eigenvalue weighted by Gasteiger charge is 2.26. The molecule has 1 amide bonds. The summed E-state index contributed by atoms with van der Waals surface area (Å²) in [5, 5.41) is 3.17. The van der Waals surface area contributed by atoms with Crippen molar-refractivity contribution in [2.75, 3.05) is 0 Å². The third-order valence-corrected chi connectivity index (χ3v) is 3.78. The van der Waals surface area contributed by atoms with Crippen molar-refractivity contribution in [2.24, 2.45) is 11.8 Å². The summed E-state index contributed by atoms with van der Waals surface area (Å²) in [7, 11) is 0. The smallest absolute Gasteiger partial charge is 0.251 e. The Morgan fingerprint density at radius 1 is 1.18 bits per heavy atom. The molecule has 0 aromatic heterocycles. The van der Waals surface area contributed by atoms with Gasteiger partial charge in [-0.05, 0) is 43.2 Å². The van der Waals surface area contributed by atoms with E-state index in [9.17, 15) is 4.79 Å². The second-order valence-electron chi connectivity index (χ2n) is 5.34. The van der Waals surface area contributed by atoms with Crippen molar-refractivity contribution in [1.82, 2.24) is 5.32 Å². The average Bonchev–Trinajstić information content (AvgIpc) is 2.34. The van der Waals surface area contributed by atoms with Gasteiger partial charge in [0.2, 0.25) is 0 Å². The standard InChI is InChI=1S/C15H21NO/c1-11-8-9-14(12(2)10-11)16-15(17)13-6-4-3-5-7-13/h3-7,11-12,14H,8-10H2,1-2H3,(H,16,17). The fourth-order valence-corrected chi connectivity index (χ4v) is 2.72. The zero-order valence-electron chi connectivity index (χ0n) is 10.6. The van der Waals surface area contributed by atoms with Crippen molar-refractivity contribution >= 4 is 5.91 Å². The first kappa shape index (κ1) is 12.2. The van der Waals surface area contributed by atoms with E-state index in [2.05, 4.69) is 19.2 Å². The minimum Gasteiger partial charge on any atom is -0.349 e. The number of nitrogens with one attached hydrogen (secondary N) is 1. The van der Waals surface area contributed by atoms with E-state index in [1.54, 1.807) is 0 Å². The van der Waals surface area contributed by atoms with Crippen LogP contribution in [0.15, 0.2) is 30.3 Å². The first-order valence-corrected chi connectivity index (χ1v) is 6.52. The van der Waals surface area contributed by atoms with Crippen LogP contribution in [0.4, 0.5) is 0 Å². The molecule has 0 radical (unpaired) electrons. The first-order chi connectivity index (χ1) is 8.16. The molecule has 3 unspecified atom stereocenters. The maximum absolute atomic E-state index is 12.0. The molecule has 1 aliphatic carbocycles. The van der Waals surface area contributed by atoms with Crippen LogP contribution in [0.3, 0.4) is 0 Å². The lowest BCUT2D eigenvalue weighted by Gasteiger charge is -2.33. The summed E-state index contributed by atoms with van der Waals surface area (Å²) < 4.78 is 0. The first-order valence-electron chi connectivity index (χ1n) is 6.52. The van der Waals surface area contributed by atoms with Crippen LogP contribution in [0.5, 0.6) is 0 Å². The molecule has 0 saturated heterocycles. The number of carbonyl (C=O) groups excluding carboxylic acids is 1. The molecular weight excluding hydrogens is 210 g/mol. The maximum Gasteiger partial charge on any atom is 0.251 e. The minimum atomic E-state index is 0.0667. The Hall–Kier alpha value is -1.31. The number of benzene rings is 1. The van der Waals surface area contributed by atoms with Crippen molar-refractivity contribution in [3.63, 3.8) is 0 Å². The predicted molar refractivity (Wildman–Crippen MR) is 69.9 cm³/mol. The molecule has 1 fully saturated rings. The molecule has 1 aliphatic rings. The van der Waals surface area contributed by atoms with E-state index < -0.39 is 0 Å². The summed E-state index contributed by atoms with van der Waals surface area (Å²) in [5.74, 6) is 1.46. The highest BCUT2D eigenvalue weighted by atomic mass is 16.1. The van der Waals surface area contributed by atoms with Crippen LogP contribution < -0.4 is 5.32 Å². The fraction of sp³-hybridized carbons (Fsp3) is 0.533. The van der Waals surface area contributed by atoms with Crippen LogP contribution in [0.1, 0.15) is 43.5 Å². The van der Waals surface area contributed by atoms with E-state index >= 15 is 0 Å². The van der Waals surface area contributed by atoms with Crippen LogP contribution in [-0.4, -0.2) is 11.9 Å². The van der Waals surface area contributed by atoms with Gasteiger partial charge in [-0.3, -0.25) is 4.79 Å². The van der Waals surface area contributed by atoms with Crippen molar-refractivity contribution < 1.29 is 4.79 Å². The Balaban J connectivity index is 1.95. The number of hydrogen-bond donors (Lipinski definition) is 1. The molecule has 17 heavy (non-hydrogen) atoms. The molecule has 3 atom stereocenters. The summed E-state index contributed by atoms with van der Waals surface area (Å²) in [6, 6.07) is 9.82. The van der Waals surface area contributed by atoms with E-state index in [1.807, 2.05) is 30.3 Å². The van der Waals surface area contributed by atoms with Gasteiger partial charge in [-0.2, -0.15) is 0 Å². The normalized spacial score (nSPS) is 28.7. The summed E-state index contributed by atoms with van der Waals surface area (Å²) in [4.78, 5) is 12.0. The fourth-order valence-electron chi connectivity index (χ4n) is 2.72. The van der Waals surface area contributed by atoms with Crippen molar-refractivity contribution in [3.8, 4) is 0 Å².